The van der Waals surface area contributed by atoms with Crippen LogP contribution in [0.15, 0.2) is 18.3 Å². The normalized spacial score (nSPS) is 17.2. The Kier molecular flexibility index (Phi) is 5.06. The third-order valence-corrected chi connectivity index (χ3v) is 3.78. The highest BCUT2D eigenvalue weighted by Gasteiger charge is 2.26. The number of carbonyl (C=O) groups is 1. The summed E-state index contributed by atoms with van der Waals surface area (Å²) in [4.78, 5) is 16.7. The quantitative estimate of drug-likeness (QED) is 0.893. The van der Waals surface area contributed by atoms with Gasteiger partial charge in [-0.3, -0.25) is 9.69 Å². The predicted molar refractivity (Wildman–Crippen MR) is 83.4 cm³/mol. The fourth-order valence-electron chi connectivity index (χ4n) is 2.86. The van der Waals surface area contributed by atoms with Crippen LogP contribution in [0, 0.1) is 0 Å². The molecule has 0 bridgehead atoms. The van der Waals surface area contributed by atoms with E-state index in [1.807, 2.05) is 41.6 Å². The number of aliphatic hydroxyl groups is 1. The third-order valence-electron chi connectivity index (χ3n) is 3.78. The summed E-state index contributed by atoms with van der Waals surface area (Å²) in [7, 11) is 0. The maximum Gasteiger partial charge on any atom is 0.270 e. The van der Waals surface area contributed by atoms with Crippen molar-refractivity contribution in [3.8, 4) is 0 Å². The molecule has 2 heterocycles. The van der Waals surface area contributed by atoms with Gasteiger partial charge in [0.2, 0.25) is 0 Å². The van der Waals surface area contributed by atoms with E-state index in [0.717, 1.165) is 44.8 Å². The van der Waals surface area contributed by atoms with Crippen molar-refractivity contribution < 1.29 is 9.90 Å². The Morgan fingerprint density at radius 1 is 1.29 bits per heavy atom. The monoisotopic (exact) mass is 293 g/mol. The minimum absolute atomic E-state index is 0.122. The topological polar surface area (TPSA) is 48.7 Å². The fraction of sp³-hybridized carbons (Fsp3) is 0.688. The Morgan fingerprint density at radius 2 is 1.95 bits per heavy atom. The van der Waals surface area contributed by atoms with Gasteiger partial charge in [-0.25, -0.2) is 0 Å². The average Bonchev–Trinajstić information content (AvgIpc) is 2.86. The van der Waals surface area contributed by atoms with Gasteiger partial charge in [-0.05, 0) is 32.4 Å². The minimum Gasteiger partial charge on any atom is -0.389 e. The summed E-state index contributed by atoms with van der Waals surface area (Å²) in [5.41, 5.74) is 0.106. The first kappa shape index (κ1) is 16.0. The number of rotatable bonds is 5. The van der Waals surface area contributed by atoms with Crippen LogP contribution in [0.3, 0.4) is 0 Å². The smallest absolute Gasteiger partial charge is 0.270 e. The van der Waals surface area contributed by atoms with E-state index in [1.54, 1.807) is 0 Å². The number of aryl methyl sites for hydroxylation is 1. The van der Waals surface area contributed by atoms with E-state index in [1.165, 1.54) is 0 Å². The summed E-state index contributed by atoms with van der Waals surface area (Å²) in [5, 5.41) is 9.87. The molecule has 1 fully saturated rings. The zero-order valence-corrected chi connectivity index (χ0v) is 13.4. The Balaban J connectivity index is 1.92. The Hall–Kier alpha value is -1.33. The lowest BCUT2D eigenvalue weighted by Gasteiger charge is -2.37. The van der Waals surface area contributed by atoms with E-state index in [0.29, 0.717) is 6.54 Å². The standard InChI is InChI=1S/C16H27N3O2/c1-4-7-18-8-5-6-14(18)15(20)19-11-9-17(10-12-19)13-16(2,3)21/h5-6,8,21H,4,7,9-13H2,1-3H3. The van der Waals surface area contributed by atoms with Crippen LogP contribution < -0.4 is 0 Å². The predicted octanol–water partition coefficient (Wildman–Crippen LogP) is 1.43. The molecule has 1 aliphatic heterocycles. The first-order valence-corrected chi connectivity index (χ1v) is 7.80. The summed E-state index contributed by atoms with van der Waals surface area (Å²) in [6.07, 6.45) is 3.00. The van der Waals surface area contributed by atoms with Crippen LogP contribution in [0.5, 0.6) is 0 Å². The lowest BCUT2D eigenvalue weighted by Crippen LogP contribution is -2.52. The number of hydrogen-bond donors (Lipinski definition) is 1. The number of hydrogen-bond acceptors (Lipinski definition) is 3. The second-order valence-electron chi connectivity index (χ2n) is 6.47. The van der Waals surface area contributed by atoms with Crippen molar-refractivity contribution in [3.63, 3.8) is 0 Å². The first-order valence-electron chi connectivity index (χ1n) is 7.80. The van der Waals surface area contributed by atoms with Crippen molar-refractivity contribution in [1.29, 1.82) is 0 Å². The van der Waals surface area contributed by atoms with Crippen LogP contribution in [0.1, 0.15) is 37.7 Å². The molecule has 5 nitrogen and oxygen atoms in total. The second kappa shape index (κ2) is 6.62. The van der Waals surface area contributed by atoms with Crippen molar-refractivity contribution in [2.75, 3.05) is 32.7 Å². The Morgan fingerprint density at radius 3 is 2.52 bits per heavy atom. The van der Waals surface area contributed by atoms with Gasteiger partial charge in [-0.15, -0.1) is 0 Å². The molecule has 1 aromatic heterocycles. The molecule has 2 rings (SSSR count). The molecule has 0 spiro atoms. The average molecular weight is 293 g/mol. The van der Waals surface area contributed by atoms with Gasteiger partial charge in [0, 0.05) is 45.5 Å². The molecular formula is C16H27N3O2. The molecule has 118 valence electrons. The molecule has 0 atom stereocenters. The number of aromatic nitrogens is 1. The number of β-amino-alcohol motifs (C(OH)–C–C–N with tert-alkyl or cyclic N) is 1. The van der Waals surface area contributed by atoms with Gasteiger partial charge < -0.3 is 14.6 Å². The summed E-state index contributed by atoms with van der Waals surface area (Å²) in [6, 6.07) is 3.84. The van der Waals surface area contributed by atoms with Crippen LogP contribution >= 0.6 is 0 Å². The SMILES string of the molecule is CCCn1cccc1C(=O)N1CCN(CC(C)(C)O)CC1. The first-order chi connectivity index (χ1) is 9.90. The van der Waals surface area contributed by atoms with E-state index >= 15 is 0 Å². The lowest BCUT2D eigenvalue weighted by atomic mass is 10.1. The van der Waals surface area contributed by atoms with Crippen LogP contribution in [-0.4, -0.2) is 63.7 Å². The van der Waals surface area contributed by atoms with Crippen molar-refractivity contribution in [2.24, 2.45) is 0 Å². The van der Waals surface area contributed by atoms with E-state index < -0.39 is 5.60 Å². The number of carbonyl (C=O) groups excluding carboxylic acids is 1. The molecule has 21 heavy (non-hydrogen) atoms. The van der Waals surface area contributed by atoms with E-state index in [9.17, 15) is 9.90 Å². The molecule has 1 amide bonds. The summed E-state index contributed by atoms with van der Waals surface area (Å²) < 4.78 is 2.03. The minimum atomic E-state index is -0.679. The maximum absolute atomic E-state index is 12.6. The molecule has 1 aliphatic rings. The maximum atomic E-state index is 12.6. The van der Waals surface area contributed by atoms with Gasteiger partial charge in [0.05, 0.1) is 5.60 Å². The van der Waals surface area contributed by atoms with E-state index in [4.69, 9.17) is 0 Å². The molecular weight excluding hydrogens is 266 g/mol. The van der Waals surface area contributed by atoms with Crippen molar-refractivity contribution in [3.05, 3.63) is 24.0 Å². The van der Waals surface area contributed by atoms with E-state index in [-0.39, 0.29) is 5.91 Å². The van der Waals surface area contributed by atoms with Gasteiger partial charge >= 0.3 is 0 Å². The Bertz CT molecular complexity index is 468. The molecule has 0 aliphatic carbocycles. The van der Waals surface area contributed by atoms with Gasteiger partial charge in [0.1, 0.15) is 5.69 Å². The zero-order valence-electron chi connectivity index (χ0n) is 13.4. The van der Waals surface area contributed by atoms with Crippen molar-refractivity contribution in [2.45, 2.75) is 39.3 Å². The zero-order chi connectivity index (χ0) is 15.5. The summed E-state index contributed by atoms with van der Waals surface area (Å²) in [5.74, 6) is 0.122. The fourth-order valence-corrected chi connectivity index (χ4v) is 2.86. The molecule has 1 aromatic rings. The van der Waals surface area contributed by atoms with Crippen LogP contribution in [0.2, 0.25) is 0 Å². The number of amides is 1. The largest absolute Gasteiger partial charge is 0.389 e. The van der Waals surface area contributed by atoms with Gasteiger partial charge in [-0.2, -0.15) is 0 Å². The molecule has 0 saturated carbocycles. The van der Waals surface area contributed by atoms with Crippen LogP contribution in [-0.2, 0) is 6.54 Å². The highest BCUT2D eigenvalue weighted by atomic mass is 16.3. The Labute approximate surface area is 127 Å². The third kappa shape index (κ3) is 4.32. The summed E-state index contributed by atoms with van der Waals surface area (Å²) >= 11 is 0. The molecule has 1 saturated heterocycles. The van der Waals surface area contributed by atoms with Crippen LogP contribution in [0.25, 0.3) is 0 Å². The molecule has 0 aromatic carbocycles. The molecule has 5 heteroatoms. The van der Waals surface area contributed by atoms with E-state index in [2.05, 4.69) is 11.8 Å². The second-order valence-corrected chi connectivity index (χ2v) is 6.47. The van der Waals surface area contributed by atoms with Crippen molar-refractivity contribution in [1.82, 2.24) is 14.4 Å². The molecule has 1 N–H and O–H groups in total. The lowest BCUT2D eigenvalue weighted by molar-refractivity contribution is 0.0176. The molecule has 0 unspecified atom stereocenters. The van der Waals surface area contributed by atoms with Crippen molar-refractivity contribution >= 4 is 5.91 Å². The van der Waals surface area contributed by atoms with Gasteiger partial charge in [0.15, 0.2) is 0 Å². The van der Waals surface area contributed by atoms with Gasteiger partial charge in [-0.1, -0.05) is 6.92 Å². The summed E-state index contributed by atoms with van der Waals surface area (Å²) in [6.45, 7) is 10.4. The highest BCUT2D eigenvalue weighted by Crippen LogP contribution is 2.12. The highest BCUT2D eigenvalue weighted by molar-refractivity contribution is 5.92. The molecule has 0 radical (unpaired) electrons. The van der Waals surface area contributed by atoms with Crippen LogP contribution in [0.4, 0.5) is 0 Å². The van der Waals surface area contributed by atoms with Gasteiger partial charge in [0.25, 0.3) is 5.91 Å². The number of piperazine rings is 1. The number of nitrogens with zero attached hydrogens (tertiary/aromatic N) is 3.